The van der Waals surface area contributed by atoms with Gasteiger partial charge < -0.3 is 31.7 Å². The highest BCUT2D eigenvalue weighted by Crippen LogP contribution is 2.14. The lowest BCUT2D eigenvalue weighted by atomic mass is 10.2. The summed E-state index contributed by atoms with van der Waals surface area (Å²) in [6.45, 7) is 2.68. The van der Waals surface area contributed by atoms with E-state index in [4.69, 9.17) is 5.11 Å². The zero-order chi connectivity index (χ0) is 24.8. The first-order valence-corrected chi connectivity index (χ1v) is 10.5. The predicted octanol–water partition coefficient (Wildman–Crippen LogP) is 0.841. The Morgan fingerprint density at radius 3 is 2.41 bits per heavy atom. The molecule has 0 saturated carbocycles. The number of hydrogen-bond acceptors (Lipinski definition) is 8. The number of nitrogens with zero attached hydrogens (tertiary/aromatic N) is 3. The summed E-state index contributed by atoms with van der Waals surface area (Å²) in [6.07, 6.45) is 4.31. The topological polar surface area (TPSA) is 199 Å². The normalized spacial score (nSPS) is 10.0. The Kier molecular flexibility index (Phi) is 10.5. The fourth-order valence-electron chi connectivity index (χ4n) is 2.52. The van der Waals surface area contributed by atoms with Crippen molar-refractivity contribution >= 4 is 41.4 Å². The van der Waals surface area contributed by atoms with Gasteiger partial charge in [0.25, 0.3) is 5.91 Å². The summed E-state index contributed by atoms with van der Waals surface area (Å²) in [5, 5.41) is 23.8. The fourth-order valence-corrected chi connectivity index (χ4v) is 2.52. The highest BCUT2D eigenvalue weighted by molar-refractivity contribution is 6.00. The van der Waals surface area contributed by atoms with Crippen molar-refractivity contribution in [1.82, 2.24) is 30.9 Å². The van der Waals surface area contributed by atoms with Gasteiger partial charge in [-0.2, -0.15) is 4.98 Å². The third-order valence-electron chi connectivity index (χ3n) is 4.10. The van der Waals surface area contributed by atoms with E-state index in [1.807, 2.05) is 12.2 Å². The number of amides is 5. The van der Waals surface area contributed by atoms with Crippen LogP contribution < -0.4 is 31.9 Å². The molecule has 5 amide bonds. The second kappa shape index (κ2) is 13.8. The van der Waals surface area contributed by atoms with Crippen molar-refractivity contribution in [3.63, 3.8) is 0 Å². The van der Waals surface area contributed by atoms with Crippen LogP contribution in [-0.2, 0) is 4.79 Å². The average Bonchev–Trinajstić information content (AvgIpc) is 2.81. The summed E-state index contributed by atoms with van der Waals surface area (Å²) in [5.41, 5.74) is 0.741. The molecule has 7 N–H and O–H groups in total. The van der Waals surface area contributed by atoms with Gasteiger partial charge in [0, 0.05) is 43.9 Å². The Balaban J connectivity index is 1.89. The van der Waals surface area contributed by atoms with Crippen molar-refractivity contribution in [2.45, 2.75) is 19.8 Å². The summed E-state index contributed by atoms with van der Waals surface area (Å²) < 4.78 is 0. The van der Waals surface area contributed by atoms with Crippen LogP contribution >= 0.6 is 0 Å². The van der Waals surface area contributed by atoms with E-state index in [0.29, 0.717) is 18.7 Å². The molecular formula is C20H27N9O5. The van der Waals surface area contributed by atoms with E-state index < -0.39 is 23.9 Å². The van der Waals surface area contributed by atoms with Crippen LogP contribution in [0, 0.1) is 0 Å². The fraction of sp³-hybridized carbons (Fsp3) is 0.350. The van der Waals surface area contributed by atoms with Crippen molar-refractivity contribution in [2.24, 2.45) is 0 Å². The number of carbonyl (C=O) groups excluding carboxylic acids is 3. The first-order chi connectivity index (χ1) is 16.4. The zero-order valence-electron chi connectivity index (χ0n) is 18.6. The van der Waals surface area contributed by atoms with Gasteiger partial charge in [0.1, 0.15) is 11.4 Å². The maximum absolute atomic E-state index is 12.6. The van der Waals surface area contributed by atoms with E-state index in [2.05, 4.69) is 41.5 Å². The van der Waals surface area contributed by atoms with Gasteiger partial charge in [-0.1, -0.05) is 6.92 Å². The number of aromatic nitrogens is 3. The standard InChI is InChI=1S/C20H27N9O5/c1-2-6-23-16-14(17(31)24-8-3-7-22-15(30)12-26-20(33)34)11-25-18(28-16)29-19(32)27-13-4-9-21-10-5-13/h4-5,9-11,26H,2-3,6-8,12H2,1H3,(H,22,30)(H,24,31)(H,33,34)(H3,21,23,25,27,28,29,32). The Labute approximate surface area is 195 Å². The Hall–Kier alpha value is -4.49. The number of rotatable bonds is 12. The van der Waals surface area contributed by atoms with E-state index in [1.165, 1.54) is 18.6 Å². The first-order valence-electron chi connectivity index (χ1n) is 10.5. The molecule has 182 valence electrons. The molecule has 2 rings (SSSR count). The highest BCUT2D eigenvalue weighted by atomic mass is 16.4. The summed E-state index contributed by atoms with van der Waals surface area (Å²) >= 11 is 0. The second-order valence-corrected chi connectivity index (χ2v) is 6.82. The Morgan fingerprint density at radius 1 is 0.971 bits per heavy atom. The van der Waals surface area contributed by atoms with Crippen molar-refractivity contribution in [3.8, 4) is 0 Å². The van der Waals surface area contributed by atoms with E-state index in [-0.39, 0.29) is 37.0 Å². The molecule has 0 atom stereocenters. The largest absolute Gasteiger partial charge is 0.465 e. The molecule has 0 aliphatic rings. The molecule has 0 bridgehead atoms. The minimum atomic E-state index is -1.28. The number of nitrogens with one attached hydrogen (secondary N) is 6. The van der Waals surface area contributed by atoms with Gasteiger partial charge in [-0.3, -0.25) is 19.9 Å². The number of pyridine rings is 1. The van der Waals surface area contributed by atoms with E-state index in [0.717, 1.165) is 6.42 Å². The lowest BCUT2D eigenvalue weighted by Crippen LogP contribution is -2.37. The summed E-state index contributed by atoms with van der Waals surface area (Å²) in [7, 11) is 0. The minimum Gasteiger partial charge on any atom is -0.465 e. The number of carboxylic acid groups (broad SMARTS) is 1. The molecule has 0 aliphatic carbocycles. The van der Waals surface area contributed by atoms with Crippen LogP contribution in [0.4, 0.5) is 27.0 Å². The van der Waals surface area contributed by atoms with Crippen LogP contribution in [0.2, 0.25) is 0 Å². The molecule has 0 aromatic carbocycles. The molecule has 0 aliphatic heterocycles. The summed E-state index contributed by atoms with van der Waals surface area (Å²) in [4.78, 5) is 58.7. The number of anilines is 3. The second-order valence-electron chi connectivity index (χ2n) is 6.82. The van der Waals surface area contributed by atoms with Crippen molar-refractivity contribution < 1.29 is 24.3 Å². The van der Waals surface area contributed by atoms with Crippen molar-refractivity contribution in [1.29, 1.82) is 0 Å². The van der Waals surface area contributed by atoms with Crippen molar-refractivity contribution in [2.75, 3.05) is 42.1 Å². The minimum absolute atomic E-state index is 0.0133. The molecule has 14 nitrogen and oxygen atoms in total. The van der Waals surface area contributed by atoms with Gasteiger partial charge in [0.15, 0.2) is 0 Å². The smallest absolute Gasteiger partial charge is 0.405 e. The molecule has 0 spiro atoms. The van der Waals surface area contributed by atoms with Crippen LogP contribution in [0.1, 0.15) is 30.1 Å². The van der Waals surface area contributed by atoms with Crippen LogP contribution in [0.3, 0.4) is 0 Å². The molecule has 2 aromatic heterocycles. The molecule has 2 aromatic rings. The number of hydrogen-bond donors (Lipinski definition) is 7. The maximum Gasteiger partial charge on any atom is 0.405 e. The van der Waals surface area contributed by atoms with Gasteiger partial charge in [0.05, 0.1) is 6.54 Å². The molecule has 2 heterocycles. The average molecular weight is 473 g/mol. The zero-order valence-corrected chi connectivity index (χ0v) is 18.6. The third kappa shape index (κ3) is 9.33. The molecule has 14 heteroatoms. The molecule has 0 fully saturated rings. The molecular weight excluding hydrogens is 446 g/mol. The van der Waals surface area contributed by atoms with E-state index in [1.54, 1.807) is 12.1 Å². The lowest BCUT2D eigenvalue weighted by Gasteiger charge is -2.13. The lowest BCUT2D eigenvalue weighted by molar-refractivity contribution is -0.120. The number of urea groups is 1. The third-order valence-corrected chi connectivity index (χ3v) is 4.10. The van der Waals surface area contributed by atoms with Gasteiger partial charge in [-0.05, 0) is 25.0 Å². The SMILES string of the molecule is CCCNc1nc(NC(=O)Nc2ccncc2)ncc1C(=O)NCCCNC(=O)CNC(=O)O. The van der Waals surface area contributed by atoms with Crippen molar-refractivity contribution in [3.05, 3.63) is 36.3 Å². The Morgan fingerprint density at radius 2 is 1.71 bits per heavy atom. The van der Waals surface area contributed by atoms with E-state index >= 15 is 0 Å². The maximum atomic E-state index is 12.6. The monoisotopic (exact) mass is 473 g/mol. The highest BCUT2D eigenvalue weighted by Gasteiger charge is 2.15. The predicted molar refractivity (Wildman–Crippen MR) is 124 cm³/mol. The van der Waals surface area contributed by atoms with Crippen LogP contribution in [-0.4, -0.2) is 70.2 Å². The number of carbonyl (C=O) groups is 4. The van der Waals surface area contributed by atoms with E-state index in [9.17, 15) is 19.2 Å². The Bertz CT molecular complexity index is 988. The van der Waals surface area contributed by atoms with Crippen LogP contribution in [0.5, 0.6) is 0 Å². The van der Waals surface area contributed by atoms with Gasteiger partial charge in [-0.15, -0.1) is 0 Å². The molecule has 0 saturated heterocycles. The van der Waals surface area contributed by atoms with Gasteiger partial charge in [-0.25, -0.2) is 14.6 Å². The summed E-state index contributed by atoms with van der Waals surface area (Å²) in [6, 6.07) is 2.70. The first kappa shape index (κ1) is 25.8. The molecule has 34 heavy (non-hydrogen) atoms. The quantitative estimate of drug-likeness (QED) is 0.218. The van der Waals surface area contributed by atoms with Gasteiger partial charge >= 0.3 is 12.1 Å². The van der Waals surface area contributed by atoms with Gasteiger partial charge in [0.2, 0.25) is 11.9 Å². The summed E-state index contributed by atoms with van der Waals surface area (Å²) in [5.74, 6) is -0.615. The molecule has 0 unspecified atom stereocenters. The van der Waals surface area contributed by atoms with Crippen LogP contribution in [0.15, 0.2) is 30.7 Å². The van der Waals surface area contributed by atoms with Crippen LogP contribution in [0.25, 0.3) is 0 Å². The molecule has 0 radical (unpaired) electrons.